The second-order valence-corrected chi connectivity index (χ2v) is 5.89. The molecule has 5 nitrogen and oxygen atoms in total. The summed E-state index contributed by atoms with van der Waals surface area (Å²) < 4.78 is 0. The van der Waals surface area contributed by atoms with Gasteiger partial charge in [0.05, 0.1) is 0 Å². The van der Waals surface area contributed by atoms with E-state index in [0.29, 0.717) is 0 Å². The van der Waals surface area contributed by atoms with Crippen molar-refractivity contribution < 1.29 is 14.4 Å². The summed E-state index contributed by atoms with van der Waals surface area (Å²) in [5.41, 5.74) is 2.01. The summed E-state index contributed by atoms with van der Waals surface area (Å²) in [6.45, 7) is 2.35. The molecule has 1 aliphatic rings. The molecule has 1 aromatic carbocycles. The third kappa shape index (κ3) is 5.20. The van der Waals surface area contributed by atoms with Crippen molar-refractivity contribution in [1.82, 2.24) is 4.90 Å². The molecule has 0 saturated carbocycles. The van der Waals surface area contributed by atoms with Crippen LogP contribution in [0.4, 0.5) is 5.69 Å². The van der Waals surface area contributed by atoms with Crippen molar-refractivity contribution in [2.75, 3.05) is 11.9 Å². The van der Waals surface area contributed by atoms with Gasteiger partial charge in [0, 0.05) is 31.5 Å². The standard InChI is InChI=1S/C18H24N2O3/c1-2-3-4-5-14-6-8-15(9-7-14)19-16(21)12-13-20-17(22)10-11-18(20)23/h6-9H,2-5,10-13H2,1H3,(H,19,21). The van der Waals surface area contributed by atoms with Gasteiger partial charge < -0.3 is 5.32 Å². The van der Waals surface area contributed by atoms with Gasteiger partial charge in [-0.1, -0.05) is 31.9 Å². The lowest BCUT2D eigenvalue weighted by molar-refractivity contribution is -0.138. The van der Waals surface area contributed by atoms with Crippen molar-refractivity contribution in [3.63, 3.8) is 0 Å². The molecule has 0 atom stereocenters. The first-order chi connectivity index (χ1) is 11.1. The Balaban J connectivity index is 1.76. The molecule has 1 saturated heterocycles. The molecule has 0 aliphatic carbocycles. The number of hydrogen-bond donors (Lipinski definition) is 1. The number of imide groups is 1. The second-order valence-electron chi connectivity index (χ2n) is 5.89. The number of likely N-dealkylation sites (tertiary alicyclic amines) is 1. The van der Waals surface area contributed by atoms with Crippen molar-refractivity contribution in [2.24, 2.45) is 0 Å². The molecule has 3 amide bonds. The van der Waals surface area contributed by atoms with E-state index in [1.165, 1.54) is 29.7 Å². The summed E-state index contributed by atoms with van der Waals surface area (Å²) in [6.07, 6.45) is 5.33. The van der Waals surface area contributed by atoms with Gasteiger partial charge in [0.2, 0.25) is 17.7 Å². The highest BCUT2D eigenvalue weighted by Crippen LogP contribution is 2.14. The molecular formula is C18H24N2O3. The van der Waals surface area contributed by atoms with Gasteiger partial charge in [-0.05, 0) is 30.5 Å². The number of nitrogens with one attached hydrogen (secondary N) is 1. The molecule has 5 heteroatoms. The molecule has 1 fully saturated rings. The molecule has 1 N–H and O–H groups in total. The number of anilines is 1. The Morgan fingerprint density at radius 3 is 2.35 bits per heavy atom. The fraction of sp³-hybridized carbons (Fsp3) is 0.500. The number of amides is 3. The Morgan fingerprint density at radius 1 is 1.09 bits per heavy atom. The van der Waals surface area contributed by atoms with E-state index >= 15 is 0 Å². The average Bonchev–Trinajstić information content (AvgIpc) is 2.86. The van der Waals surface area contributed by atoms with Gasteiger partial charge in [-0.25, -0.2) is 0 Å². The molecule has 1 aromatic rings. The number of hydrogen-bond acceptors (Lipinski definition) is 3. The summed E-state index contributed by atoms with van der Waals surface area (Å²) in [6, 6.07) is 7.84. The van der Waals surface area contributed by atoms with Gasteiger partial charge >= 0.3 is 0 Å². The van der Waals surface area contributed by atoms with E-state index in [0.717, 1.165) is 12.1 Å². The topological polar surface area (TPSA) is 66.5 Å². The molecular weight excluding hydrogens is 292 g/mol. The molecule has 1 heterocycles. The Kier molecular flexibility index (Phi) is 6.32. The van der Waals surface area contributed by atoms with Crippen LogP contribution in [0.25, 0.3) is 0 Å². The van der Waals surface area contributed by atoms with Crippen molar-refractivity contribution in [1.29, 1.82) is 0 Å². The maximum absolute atomic E-state index is 11.9. The minimum atomic E-state index is -0.184. The number of nitrogens with zero attached hydrogens (tertiary/aromatic N) is 1. The van der Waals surface area contributed by atoms with Crippen molar-refractivity contribution in [2.45, 2.75) is 51.9 Å². The number of carbonyl (C=O) groups excluding carboxylic acids is 3. The summed E-state index contributed by atoms with van der Waals surface area (Å²) in [7, 11) is 0. The lowest BCUT2D eigenvalue weighted by Gasteiger charge is -2.13. The SMILES string of the molecule is CCCCCc1ccc(NC(=O)CCN2C(=O)CCC2=O)cc1. The minimum absolute atomic E-state index is 0.135. The second kappa shape index (κ2) is 8.46. The fourth-order valence-electron chi connectivity index (χ4n) is 2.64. The average molecular weight is 316 g/mol. The first-order valence-corrected chi connectivity index (χ1v) is 8.32. The quantitative estimate of drug-likeness (QED) is 0.592. The fourth-order valence-corrected chi connectivity index (χ4v) is 2.64. The van der Waals surface area contributed by atoms with E-state index in [1.807, 2.05) is 24.3 Å². The first kappa shape index (κ1) is 17.2. The number of rotatable bonds is 8. The highest BCUT2D eigenvalue weighted by atomic mass is 16.2. The van der Waals surface area contributed by atoms with Gasteiger partial charge in [-0.2, -0.15) is 0 Å². The minimum Gasteiger partial charge on any atom is -0.326 e. The number of carbonyl (C=O) groups is 3. The van der Waals surface area contributed by atoms with Crippen LogP contribution >= 0.6 is 0 Å². The van der Waals surface area contributed by atoms with Crippen LogP contribution in [0.1, 0.15) is 51.0 Å². The Hall–Kier alpha value is -2.17. The molecule has 0 radical (unpaired) electrons. The highest BCUT2D eigenvalue weighted by molar-refractivity contribution is 6.02. The zero-order chi connectivity index (χ0) is 16.7. The molecule has 2 rings (SSSR count). The number of benzene rings is 1. The zero-order valence-electron chi connectivity index (χ0n) is 13.6. The lowest BCUT2D eigenvalue weighted by Crippen LogP contribution is -2.32. The summed E-state index contributed by atoms with van der Waals surface area (Å²) in [4.78, 5) is 36.0. The van der Waals surface area contributed by atoms with Gasteiger partial charge in [0.15, 0.2) is 0 Å². The Labute approximate surface area is 137 Å². The van der Waals surface area contributed by atoms with Crippen LogP contribution in [0.2, 0.25) is 0 Å². The predicted molar refractivity (Wildman–Crippen MR) is 88.9 cm³/mol. The van der Waals surface area contributed by atoms with Gasteiger partial charge in [0.25, 0.3) is 0 Å². The summed E-state index contributed by atoms with van der Waals surface area (Å²) >= 11 is 0. The van der Waals surface area contributed by atoms with Crippen LogP contribution in [0.5, 0.6) is 0 Å². The maximum atomic E-state index is 11.9. The first-order valence-electron chi connectivity index (χ1n) is 8.32. The molecule has 0 aromatic heterocycles. The van der Waals surface area contributed by atoms with E-state index in [2.05, 4.69) is 12.2 Å². The Bertz CT molecular complexity index is 550. The molecule has 0 unspecified atom stereocenters. The van der Waals surface area contributed by atoms with Crippen LogP contribution < -0.4 is 5.32 Å². The monoisotopic (exact) mass is 316 g/mol. The third-order valence-electron chi connectivity index (χ3n) is 4.02. The number of unbranched alkanes of at least 4 members (excludes halogenated alkanes) is 2. The van der Waals surface area contributed by atoms with Crippen LogP contribution in [0.15, 0.2) is 24.3 Å². The van der Waals surface area contributed by atoms with Crippen LogP contribution in [0, 0.1) is 0 Å². The van der Waals surface area contributed by atoms with E-state index in [-0.39, 0.29) is 43.5 Å². The van der Waals surface area contributed by atoms with Crippen molar-refractivity contribution in [3.8, 4) is 0 Å². The molecule has 124 valence electrons. The molecule has 1 aliphatic heterocycles. The van der Waals surface area contributed by atoms with Crippen LogP contribution in [-0.2, 0) is 20.8 Å². The smallest absolute Gasteiger partial charge is 0.229 e. The van der Waals surface area contributed by atoms with Crippen molar-refractivity contribution >= 4 is 23.4 Å². The highest BCUT2D eigenvalue weighted by Gasteiger charge is 2.28. The van der Waals surface area contributed by atoms with Gasteiger partial charge in [0.1, 0.15) is 0 Å². The number of aryl methyl sites for hydroxylation is 1. The largest absolute Gasteiger partial charge is 0.326 e. The molecule has 0 spiro atoms. The van der Waals surface area contributed by atoms with Crippen LogP contribution in [0.3, 0.4) is 0 Å². The summed E-state index contributed by atoms with van der Waals surface area (Å²) in [5, 5.41) is 2.80. The molecule has 23 heavy (non-hydrogen) atoms. The van der Waals surface area contributed by atoms with Gasteiger partial charge in [-0.3, -0.25) is 19.3 Å². The van der Waals surface area contributed by atoms with Crippen molar-refractivity contribution in [3.05, 3.63) is 29.8 Å². The summed E-state index contributed by atoms with van der Waals surface area (Å²) in [5.74, 6) is -0.547. The van der Waals surface area contributed by atoms with E-state index in [4.69, 9.17) is 0 Å². The lowest BCUT2D eigenvalue weighted by atomic mass is 10.1. The zero-order valence-corrected chi connectivity index (χ0v) is 13.6. The maximum Gasteiger partial charge on any atom is 0.229 e. The van der Waals surface area contributed by atoms with Crippen LogP contribution in [-0.4, -0.2) is 29.2 Å². The predicted octanol–water partition coefficient (Wildman–Crippen LogP) is 2.90. The molecule has 0 bridgehead atoms. The van der Waals surface area contributed by atoms with E-state index < -0.39 is 0 Å². The Morgan fingerprint density at radius 2 is 1.74 bits per heavy atom. The third-order valence-corrected chi connectivity index (χ3v) is 4.02. The van der Waals surface area contributed by atoms with Gasteiger partial charge in [-0.15, -0.1) is 0 Å². The van der Waals surface area contributed by atoms with E-state index in [1.54, 1.807) is 0 Å². The van der Waals surface area contributed by atoms with E-state index in [9.17, 15) is 14.4 Å². The normalized spacial score (nSPS) is 14.4.